The second kappa shape index (κ2) is 6.26. The summed E-state index contributed by atoms with van der Waals surface area (Å²) in [5, 5.41) is 18.2. The molecule has 6 heteroatoms. The summed E-state index contributed by atoms with van der Waals surface area (Å²) in [6.45, 7) is 1.57. The SMILES string of the molecule is CC1=CC(C(CC=O)C(=O)O)CC(C=O)C1C(=O)O. The van der Waals surface area contributed by atoms with Gasteiger partial charge in [-0.05, 0) is 19.3 Å². The molecule has 6 nitrogen and oxygen atoms in total. The number of carboxylic acids is 2. The van der Waals surface area contributed by atoms with Crippen LogP contribution in [0, 0.1) is 23.7 Å². The van der Waals surface area contributed by atoms with E-state index in [0.29, 0.717) is 18.1 Å². The zero-order chi connectivity index (χ0) is 14.6. The Morgan fingerprint density at radius 1 is 1.42 bits per heavy atom. The maximum absolute atomic E-state index is 11.1. The summed E-state index contributed by atoms with van der Waals surface area (Å²) in [6.07, 6.45) is 2.65. The van der Waals surface area contributed by atoms with Gasteiger partial charge in [0, 0.05) is 12.3 Å². The van der Waals surface area contributed by atoms with E-state index >= 15 is 0 Å². The molecule has 0 aliphatic heterocycles. The van der Waals surface area contributed by atoms with Crippen LogP contribution in [-0.4, -0.2) is 34.7 Å². The van der Waals surface area contributed by atoms with Gasteiger partial charge >= 0.3 is 11.9 Å². The van der Waals surface area contributed by atoms with Crippen molar-refractivity contribution in [3.63, 3.8) is 0 Å². The summed E-state index contributed by atoms with van der Waals surface area (Å²) in [7, 11) is 0. The van der Waals surface area contributed by atoms with Crippen molar-refractivity contribution in [2.75, 3.05) is 0 Å². The molecule has 0 bridgehead atoms. The van der Waals surface area contributed by atoms with E-state index in [1.54, 1.807) is 13.0 Å². The molecule has 19 heavy (non-hydrogen) atoms. The van der Waals surface area contributed by atoms with Crippen LogP contribution in [0.2, 0.25) is 0 Å². The predicted octanol–water partition coefficient (Wildman–Crippen LogP) is 0.758. The Morgan fingerprint density at radius 3 is 2.47 bits per heavy atom. The van der Waals surface area contributed by atoms with Crippen molar-refractivity contribution in [2.24, 2.45) is 23.7 Å². The van der Waals surface area contributed by atoms with Crippen LogP contribution in [0.25, 0.3) is 0 Å². The van der Waals surface area contributed by atoms with Gasteiger partial charge in [-0.2, -0.15) is 0 Å². The van der Waals surface area contributed by atoms with E-state index < -0.39 is 35.6 Å². The largest absolute Gasteiger partial charge is 0.481 e. The molecular weight excluding hydrogens is 252 g/mol. The van der Waals surface area contributed by atoms with Gasteiger partial charge in [0.2, 0.25) is 0 Å². The topological polar surface area (TPSA) is 109 Å². The molecule has 0 aromatic heterocycles. The third-order valence-corrected chi connectivity index (χ3v) is 3.57. The summed E-state index contributed by atoms with van der Waals surface area (Å²) in [4.78, 5) is 43.7. The molecule has 0 fully saturated rings. The van der Waals surface area contributed by atoms with Crippen LogP contribution in [0.3, 0.4) is 0 Å². The summed E-state index contributed by atoms with van der Waals surface area (Å²) < 4.78 is 0. The Kier molecular flexibility index (Phi) is 4.97. The van der Waals surface area contributed by atoms with E-state index in [-0.39, 0.29) is 12.8 Å². The highest BCUT2D eigenvalue weighted by atomic mass is 16.4. The lowest BCUT2D eigenvalue weighted by atomic mass is 9.71. The zero-order valence-electron chi connectivity index (χ0n) is 10.5. The van der Waals surface area contributed by atoms with Crippen LogP contribution in [0.4, 0.5) is 0 Å². The van der Waals surface area contributed by atoms with Gasteiger partial charge in [-0.3, -0.25) is 9.59 Å². The Morgan fingerprint density at radius 2 is 2.05 bits per heavy atom. The average molecular weight is 268 g/mol. The van der Waals surface area contributed by atoms with Crippen LogP contribution in [0.5, 0.6) is 0 Å². The fourth-order valence-electron chi connectivity index (χ4n) is 2.65. The number of allylic oxidation sites excluding steroid dienone is 1. The number of hydrogen-bond acceptors (Lipinski definition) is 4. The lowest BCUT2D eigenvalue weighted by Gasteiger charge is -2.31. The first-order valence-corrected chi connectivity index (χ1v) is 5.95. The molecule has 0 aromatic carbocycles. The van der Waals surface area contributed by atoms with Crippen molar-refractivity contribution < 1.29 is 29.4 Å². The second-order valence-corrected chi connectivity index (χ2v) is 4.77. The third-order valence-electron chi connectivity index (χ3n) is 3.57. The van der Waals surface area contributed by atoms with E-state index in [1.165, 1.54) is 0 Å². The van der Waals surface area contributed by atoms with Gasteiger partial charge in [-0.25, -0.2) is 0 Å². The first-order chi connectivity index (χ1) is 8.92. The molecule has 0 amide bonds. The lowest BCUT2D eigenvalue weighted by molar-refractivity contribution is -0.146. The monoisotopic (exact) mass is 268 g/mol. The Labute approximate surface area is 110 Å². The zero-order valence-corrected chi connectivity index (χ0v) is 10.5. The number of carbonyl (C=O) groups is 4. The number of aliphatic carboxylic acids is 2. The van der Waals surface area contributed by atoms with Crippen LogP contribution in [0.15, 0.2) is 11.6 Å². The Balaban J connectivity index is 3.06. The molecule has 0 aromatic rings. The van der Waals surface area contributed by atoms with Gasteiger partial charge in [-0.15, -0.1) is 0 Å². The minimum absolute atomic E-state index is 0.141. The molecule has 104 valence electrons. The molecule has 2 N–H and O–H groups in total. The predicted molar refractivity (Wildman–Crippen MR) is 64.4 cm³/mol. The van der Waals surface area contributed by atoms with Crippen LogP contribution < -0.4 is 0 Å². The van der Waals surface area contributed by atoms with E-state index in [1.807, 2.05) is 0 Å². The number of aldehydes is 2. The highest BCUT2D eigenvalue weighted by Crippen LogP contribution is 2.37. The fraction of sp³-hybridized carbons (Fsp3) is 0.538. The van der Waals surface area contributed by atoms with Crippen LogP contribution in [-0.2, 0) is 19.2 Å². The first kappa shape index (κ1) is 15.1. The third kappa shape index (κ3) is 3.27. The van der Waals surface area contributed by atoms with Crippen LogP contribution in [0.1, 0.15) is 19.8 Å². The van der Waals surface area contributed by atoms with Crippen molar-refractivity contribution in [1.29, 1.82) is 0 Å². The molecular formula is C13H16O6. The number of carbonyl (C=O) groups excluding carboxylic acids is 2. The van der Waals surface area contributed by atoms with Crippen molar-refractivity contribution in [2.45, 2.75) is 19.8 Å². The van der Waals surface area contributed by atoms with Crippen molar-refractivity contribution in [3.05, 3.63) is 11.6 Å². The van der Waals surface area contributed by atoms with Gasteiger partial charge in [0.15, 0.2) is 0 Å². The van der Waals surface area contributed by atoms with Gasteiger partial charge in [0.25, 0.3) is 0 Å². The molecule has 1 rings (SSSR count). The van der Waals surface area contributed by atoms with Crippen LogP contribution >= 0.6 is 0 Å². The highest BCUT2D eigenvalue weighted by molar-refractivity contribution is 5.79. The summed E-state index contributed by atoms with van der Waals surface area (Å²) in [5.41, 5.74) is 0.470. The molecule has 0 radical (unpaired) electrons. The molecule has 0 saturated carbocycles. The quantitative estimate of drug-likeness (QED) is 0.543. The Bertz CT molecular complexity index is 425. The van der Waals surface area contributed by atoms with E-state index in [2.05, 4.69) is 0 Å². The summed E-state index contributed by atoms with van der Waals surface area (Å²) >= 11 is 0. The van der Waals surface area contributed by atoms with Crippen molar-refractivity contribution >= 4 is 24.5 Å². The molecule has 0 spiro atoms. The van der Waals surface area contributed by atoms with Gasteiger partial charge in [0.1, 0.15) is 12.6 Å². The number of rotatable bonds is 6. The second-order valence-electron chi connectivity index (χ2n) is 4.77. The van der Waals surface area contributed by atoms with Gasteiger partial charge < -0.3 is 19.8 Å². The standard InChI is InChI=1S/C13H16O6/c1-7-4-8(10(2-3-14)12(16)17)5-9(6-15)11(7)13(18)19/h3-4,6,8-11H,2,5H2,1H3,(H,16,17)(H,18,19). The van der Waals surface area contributed by atoms with E-state index in [0.717, 1.165) is 0 Å². The lowest BCUT2D eigenvalue weighted by Crippen LogP contribution is -2.35. The van der Waals surface area contributed by atoms with Gasteiger partial charge in [-0.1, -0.05) is 11.6 Å². The van der Waals surface area contributed by atoms with Crippen molar-refractivity contribution in [1.82, 2.24) is 0 Å². The molecule has 4 unspecified atom stereocenters. The molecule has 1 aliphatic rings. The number of hydrogen-bond donors (Lipinski definition) is 2. The van der Waals surface area contributed by atoms with E-state index in [9.17, 15) is 19.2 Å². The maximum atomic E-state index is 11.1. The van der Waals surface area contributed by atoms with E-state index in [4.69, 9.17) is 10.2 Å². The highest BCUT2D eigenvalue weighted by Gasteiger charge is 2.39. The molecule has 0 heterocycles. The molecule has 1 aliphatic carbocycles. The maximum Gasteiger partial charge on any atom is 0.311 e. The Hall–Kier alpha value is -1.98. The first-order valence-electron chi connectivity index (χ1n) is 5.95. The summed E-state index contributed by atoms with van der Waals surface area (Å²) in [5.74, 6) is -5.26. The smallest absolute Gasteiger partial charge is 0.311 e. The minimum Gasteiger partial charge on any atom is -0.481 e. The molecule has 4 atom stereocenters. The molecule has 0 saturated heterocycles. The van der Waals surface area contributed by atoms with Crippen molar-refractivity contribution in [3.8, 4) is 0 Å². The summed E-state index contributed by atoms with van der Waals surface area (Å²) in [6, 6.07) is 0. The minimum atomic E-state index is -1.11. The van der Waals surface area contributed by atoms with Gasteiger partial charge in [0.05, 0.1) is 11.8 Å². The normalized spacial score (nSPS) is 28.1. The fourth-order valence-corrected chi connectivity index (χ4v) is 2.65. The average Bonchev–Trinajstić information content (AvgIpc) is 2.33. The number of carboxylic acid groups (broad SMARTS) is 2.